The molecule has 0 fully saturated rings. The Kier molecular flexibility index (Phi) is 5.21. The van der Waals surface area contributed by atoms with Gasteiger partial charge in [-0.25, -0.2) is 9.97 Å². The summed E-state index contributed by atoms with van der Waals surface area (Å²) in [7, 11) is 0. The summed E-state index contributed by atoms with van der Waals surface area (Å²) in [6.07, 6.45) is 0.485. The van der Waals surface area contributed by atoms with Crippen molar-refractivity contribution in [1.29, 1.82) is 0 Å². The van der Waals surface area contributed by atoms with Crippen molar-refractivity contribution < 1.29 is 4.74 Å². The molecule has 0 amide bonds. The molecule has 8 heteroatoms. The molecular formula is C16H11Cl4N3O. The zero-order valence-corrected chi connectivity index (χ0v) is 15.2. The zero-order chi connectivity index (χ0) is 17.3. The van der Waals surface area contributed by atoms with Gasteiger partial charge < -0.3 is 10.5 Å². The SMILES string of the molecule is Nc1nc(CCOc2c(Cl)cc(Cl)cc2Cl)c2cc(Cl)ccc2n1. The molecule has 0 saturated carbocycles. The first-order chi connectivity index (χ1) is 11.4. The lowest BCUT2D eigenvalue weighted by atomic mass is 10.1. The number of nitrogens with two attached hydrogens (primary N) is 1. The summed E-state index contributed by atoms with van der Waals surface area (Å²) in [5.41, 5.74) is 7.22. The maximum absolute atomic E-state index is 6.10. The Morgan fingerprint density at radius 3 is 2.33 bits per heavy atom. The Bertz CT molecular complexity index is 894. The Hall–Kier alpha value is -1.46. The number of aromatic nitrogens is 2. The number of nitrogens with zero attached hydrogens (tertiary/aromatic N) is 2. The normalized spacial score (nSPS) is 11.0. The van der Waals surface area contributed by atoms with Gasteiger partial charge in [0, 0.05) is 21.9 Å². The summed E-state index contributed by atoms with van der Waals surface area (Å²) in [5.74, 6) is 0.578. The maximum Gasteiger partial charge on any atom is 0.220 e. The van der Waals surface area contributed by atoms with Gasteiger partial charge in [-0.05, 0) is 30.3 Å². The summed E-state index contributed by atoms with van der Waals surface area (Å²) in [5, 5.41) is 2.57. The lowest BCUT2D eigenvalue weighted by molar-refractivity contribution is 0.321. The van der Waals surface area contributed by atoms with E-state index in [4.69, 9.17) is 56.9 Å². The summed E-state index contributed by atoms with van der Waals surface area (Å²) in [4.78, 5) is 8.47. The van der Waals surface area contributed by atoms with Crippen molar-refractivity contribution in [3.8, 4) is 5.75 Å². The van der Waals surface area contributed by atoms with Crippen molar-refractivity contribution in [2.45, 2.75) is 6.42 Å². The van der Waals surface area contributed by atoms with Crippen LogP contribution in [0.2, 0.25) is 20.1 Å². The molecule has 0 aliphatic heterocycles. The van der Waals surface area contributed by atoms with Gasteiger partial charge in [0.05, 0.1) is 27.9 Å². The van der Waals surface area contributed by atoms with Crippen LogP contribution in [0.4, 0.5) is 5.95 Å². The largest absolute Gasteiger partial charge is 0.490 e. The fraction of sp³-hybridized carbons (Fsp3) is 0.125. The first kappa shape index (κ1) is 17.4. The van der Waals surface area contributed by atoms with E-state index >= 15 is 0 Å². The van der Waals surface area contributed by atoms with E-state index in [9.17, 15) is 0 Å². The monoisotopic (exact) mass is 401 g/mol. The minimum Gasteiger partial charge on any atom is -0.490 e. The van der Waals surface area contributed by atoms with Gasteiger partial charge in [0.15, 0.2) is 5.75 Å². The second-order valence-corrected chi connectivity index (χ2v) is 6.67. The van der Waals surface area contributed by atoms with Crippen molar-refractivity contribution in [2.75, 3.05) is 12.3 Å². The summed E-state index contributed by atoms with van der Waals surface area (Å²) in [6, 6.07) is 8.50. The molecule has 3 rings (SSSR count). The number of rotatable bonds is 4. The lowest BCUT2D eigenvalue weighted by Crippen LogP contribution is -2.07. The van der Waals surface area contributed by atoms with Crippen molar-refractivity contribution in [1.82, 2.24) is 9.97 Å². The fourth-order valence-electron chi connectivity index (χ4n) is 2.29. The fourth-order valence-corrected chi connectivity index (χ4v) is 3.39. The highest BCUT2D eigenvalue weighted by Crippen LogP contribution is 2.36. The summed E-state index contributed by atoms with van der Waals surface area (Å²) >= 11 is 24.1. The van der Waals surface area contributed by atoms with Crippen molar-refractivity contribution >= 4 is 63.3 Å². The first-order valence-electron chi connectivity index (χ1n) is 6.93. The molecule has 0 aliphatic rings. The maximum atomic E-state index is 6.10. The van der Waals surface area contributed by atoms with Gasteiger partial charge in [0.25, 0.3) is 0 Å². The van der Waals surface area contributed by atoms with Crippen molar-refractivity contribution in [3.05, 3.63) is 56.1 Å². The van der Waals surface area contributed by atoms with E-state index in [-0.39, 0.29) is 5.95 Å². The van der Waals surface area contributed by atoms with Gasteiger partial charge in [-0.2, -0.15) is 0 Å². The van der Waals surface area contributed by atoms with Crippen LogP contribution in [0, 0.1) is 0 Å². The zero-order valence-electron chi connectivity index (χ0n) is 12.2. The Balaban J connectivity index is 1.83. The third kappa shape index (κ3) is 3.78. The van der Waals surface area contributed by atoms with E-state index in [1.807, 2.05) is 0 Å². The molecule has 0 radical (unpaired) electrons. The average Bonchev–Trinajstić information content (AvgIpc) is 2.50. The van der Waals surface area contributed by atoms with Crippen molar-refractivity contribution in [2.24, 2.45) is 0 Å². The molecule has 0 aliphatic carbocycles. The number of anilines is 1. The number of nitrogen functional groups attached to an aromatic ring is 1. The third-order valence-corrected chi connectivity index (χ3v) is 4.32. The smallest absolute Gasteiger partial charge is 0.220 e. The minimum absolute atomic E-state index is 0.197. The molecule has 0 unspecified atom stereocenters. The van der Waals surface area contributed by atoms with E-state index < -0.39 is 0 Å². The van der Waals surface area contributed by atoms with Gasteiger partial charge in [-0.3, -0.25) is 0 Å². The van der Waals surface area contributed by atoms with Crippen LogP contribution in [-0.4, -0.2) is 16.6 Å². The number of hydrogen-bond acceptors (Lipinski definition) is 4. The highest BCUT2D eigenvalue weighted by atomic mass is 35.5. The van der Waals surface area contributed by atoms with E-state index in [1.54, 1.807) is 30.3 Å². The molecule has 3 aromatic rings. The van der Waals surface area contributed by atoms with Gasteiger partial charge in [-0.1, -0.05) is 46.4 Å². The lowest BCUT2D eigenvalue weighted by Gasteiger charge is -2.11. The van der Waals surface area contributed by atoms with Gasteiger partial charge in [0.1, 0.15) is 0 Å². The molecule has 1 aromatic heterocycles. The number of halogens is 4. The number of fused-ring (bicyclic) bond motifs is 1. The highest BCUT2D eigenvalue weighted by Gasteiger charge is 2.11. The van der Waals surface area contributed by atoms with Gasteiger partial charge in [0.2, 0.25) is 5.95 Å². The molecule has 0 saturated heterocycles. The second kappa shape index (κ2) is 7.19. The van der Waals surface area contributed by atoms with Crippen LogP contribution in [0.3, 0.4) is 0 Å². The summed E-state index contributed by atoms with van der Waals surface area (Å²) < 4.78 is 5.69. The predicted molar refractivity (Wildman–Crippen MR) is 99.6 cm³/mol. The van der Waals surface area contributed by atoms with Crippen LogP contribution < -0.4 is 10.5 Å². The predicted octanol–water partition coefficient (Wildman–Crippen LogP) is 5.45. The Morgan fingerprint density at radius 2 is 1.62 bits per heavy atom. The number of benzene rings is 2. The summed E-state index contributed by atoms with van der Waals surface area (Å²) in [6.45, 7) is 0.305. The molecule has 124 valence electrons. The van der Waals surface area contributed by atoms with Gasteiger partial charge in [-0.15, -0.1) is 0 Å². The molecule has 4 nitrogen and oxygen atoms in total. The van der Waals surface area contributed by atoms with E-state index in [2.05, 4.69) is 9.97 Å². The molecule has 0 bridgehead atoms. The van der Waals surface area contributed by atoms with E-state index in [0.29, 0.717) is 38.9 Å². The Morgan fingerprint density at radius 1 is 0.917 bits per heavy atom. The molecule has 24 heavy (non-hydrogen) atoms. The number of hydrogen-bond donors (Lipinski definition) is 1. The molecule has 2 aromatic carbocycles. The van der Waals surface area contributed by atoms with E-state index in [0.717, 1.165) is 16.6 Å². The second-order valence-electron chi connectivity index (χ2n) is 4.99. The average molecular weight is 403 g/mol. The van der Waals surface area contributed by atoms with Crippen molar-refractivity contribution in [3.63, 3.8) is 0 Å². The van der Waals surface area contributed by atoms with E-state index in [1.165, 1.54) is 0 Å². The molecule has 0 spiro atoms. The topological polar surface area (TPSA) is 61.0 Å². The standard InChI is InChI=1S/C16H11Cl4N3O/c17-8-1-2-13-10(5-8)14(23-16(21)22-13)3-4-24-15-11(19)6-9(18)7-12(15)20/h1-2,5-7H,3-4H2,(H2,21,22,23). The van der Waals surface area contributed by atoms with Crippen LogP contribution in [0.25, 0.3) is 10.9 Å². The van der Waals surface area contributed by atoms with Crippen LogP contribution in [0.15, 0.2) is 30.3 Å². The highest BCUT2D eigenvalue weighted by molar-refractivity contribution is 6.40. The van der Waals surface area contributed by atoms with Crippen LogP contribution in [0.1, 0.15) is 5.69 Å². The van der Waals surface area contributed by atoms with Crippen LogP contribution >= 0.6 is 46.4 Å². The third-order valence-electron chi connectivity index (χ3n) is 3.30. The van der Waals surface area contributed by atoms with Gasteiger partial charge >= 0.3 is 0 Å². The van der Waals surface area contributed by atoms with Crippen LogP contribution in [0.5, 0.6) is 5.75 Å². The molecule has 0 atom stereocenters. The van der Waals surface area contributed by atoms with Crippen LogP contribution in [-0.2, 0) is 6.42 Å². The number of ether oxygens (including phenoxy) is 1. The molecular weight excluding hydrogens is 392 g/mol. The Labute approximate surface area is 158 Å². The molecule has 1 heterocycles. The first-order valence-corrected chi connectivity index (χ1v) is 8.44. The molecule has 2 N–H and O–H groups in total. The quantitative estimate of drug-likeness (QED) is 0.630. The minimum atomic E-state index is 0.197.